The van der Waals surface area contributed by atoms with Gasteiger partial charge in [0.2, 0.25) is 0 Å². The molecule has 0 radical (unpaired) electrons. The van der Waals surface area contributed by atoms with Crippen molar-refractivity contribution in [3.63, 3.8) is 0 Å². The Labute approximate surface area is 167 Å². The first-order valence-corrected chi connectivity index (χ1v) is 9.90. The van der Waals surface area contributed by atoms with Gasteiger partial charge in [-0.25, -0.2) is 4.98 Å². The zero-order valence-electron chi connectivity index (χ0n) is 15.7. The molecule has 0 aliphatic heterocycles. The molecule has 0 saturated carbocycles. The molecule has 4 nitrogen and oxygen atoms in total. The Bertz CT molecular complexity index is 1090. The first-order chi connectivity index (χ1) is 13.6. The van der Waals surface area contributed by atoms with Gasteiger partial charge in [-0.1, -0.05) is 24.3 Å². The Kier molecular flexibility index (Phi) is 5.08. The number of hydrogen-bond donors (Lipinski definition) is 1. The van der Waals surface area contributed by atoms with E-state index < -0.39 is 6.10 Å². The molecule has 140 valence electrons. The van der Waals surface area contributed by atoms with Crippen molar-refractivity contribution in [2.24, 2.45) is 0 Å². The average molecular weight is 388 g/mol. The minimum atomic E-state index is -0.592. The number of thiazole rings is 1. The molecule has 1 amide bonds. The standard InChI is InChI=1S/C23H20N2O2S/c1-15-6-5-7-19(14-15)27-16(2)22(26)24-18-12-10-17(11-13-18)23-25-20-8-3-4-9-21(20)28-23/h3-14,16H,1-2H3,(H,24,26). The quantitative estimate of drug-likeness (QED) is 0.479. The molecule has 5 heteroatoms. The maximum atomic E-state index is 12.4. The largest absolute Gasteiger partial charge is 0.481 e. The second-order valence-corrected chi connectivity index (χ2v) is 7.66. The SMILES string of the molecule is Cc1cccc(OC(C)C(=O)Nc2ccc(-c3nc4ccccc4s3)cc2)c1. The summed E-state index contributed by atoms with van der Waals surface area (Å²) in [7, 11) is 0. The van der Waals surface area contributed by atoms with Crippen LogP contribution in [0, 0.1) is 6.92 Å². The van der Waals surface area contributed by atoms with E-state index in [-0.39, 0.29) is 5.91 Å². The maximum absolute atomic E-state index is 12.4. The van der Waals surface area contributed by atoms with Crippen LogP contribution < -0.4 is 10.1 Å². The van der Waals surface area contributed by atoms with Crippen LogP contribution in [-0.2, 0) is 4.79 Å². The van der Waals surface area contributed by atoms with Crippen LogP contribution in [0.3, 0.4) is 0 Å². The Morgan fingerprint density at radius 2 is 1.82 bits per heavy atom. The number of hydrogen-bond acceptors (Lipinski definition) is 4. The maximum Gasteiger partial charge on any atom is 0.265 e. The fraction of sp³-hybridized carbons (Fsp3) is 0.130. The van der Waals surface area contributed by atoms with Crippen molar-refractivity contribution in [3.8, 4) is 16.3 Å². The van der Waals surface area contributed by atoms with E-state index in [0.717, 1.165) is 32.0 Å². The van der Waals surface area contributed by atoms with E-state index in [9.17, 15) is 4.79 Å². The van der Waals surface area contributed by atoms with E-state index in [1.165, 1.54) is 0 Å². The lowest BCUT2D eigenvalue weighted by Crippen LogP contribution is -2.30. The second-order valence-electron chi connectivity index (χ2n) is 6.63. The molecule has 4 rings (SSSR count). The fourth-order valence-electron chi connectivity index (χ4n) is 2.88. The van der Waals surface area contributed by atoms with Gasteiger partial charge in [-0.15, -0.1) is 11.3 Å². The lowest BCUT2D eigenvalue weighted by Gasteiger charge is -2.15. The van der Waals surface area contributed by atoms with Gasteiger partial charge in [-0.2, -0.15) is 0 Å². The zero-order chi connectivity index (χ0) is 19.5. The summed E-state index contributed by atoms with van der Waals surface area (Å²) in [5, 5.41) is 3.87. The molecule has 0 aliphatic carbocycles. The average Bonchev–Trinajstić information content (AvgIpc) is 3.13. The van der Waals surface area contributed by atoms with E-state index >= 15 is 0 Å². The van der Waals surface area contributed by atoms with Crippen LogP contribution in [0.25, 0.3) is 20.8 Å². The molecule has 1 atom stereocenters. The molecule has 28 heavy (non-hydrogen) atoms. The summed E-state index contributed by atoms with van der Waals surface area (Å²) >= 11 is 1.66. The van der Waals surface area contributed by atoms with Crippen molar-refractivity contribution >= 4 is 33.1 Å². The van der Waals surface area contributed by atoms with Crippen LogP contribution in [0.5, 0.6) is 5.75 Å². The Morgan fingerprint density at radius 3 is 2.57 bits per heavy atom. The molecule has 3 aromatic carbocycles. The second kappa shape index (κ2) is 7.82. The molecule has 0 saturated heterocycles. The summed E-state index contributed by atoms with van der Waals surface area (Å²) in [6.07, 6.45) is -0.592. The number of anilines is 1. The molecular formula is C23H20N2O2S. The number of aromatic nitrogens is 1. The molecule has 1 aromatic heterocycles. The van der Waals surface area contributed by atoms with Gasteiger partial charge in [0.25, 0.3) is 5.91 Å². The highest BCUT2D eigenvalue weighted by atomic mass is 32.1. The van der Waals surface area contributed by atoms with Crippen LogP contribution in [0.2, 0.25) is 0 Å². The van der Waals surface area contributed by atoms with Gasteiger partial charge in [0, 0.05) is 11.3 Å². The molecule has 0 aliphatic rings. The van der Waals surface area contributed by atoms with E-state index in [1.807, 2.05) is 73.7 Å². The molecule has 1 heterocycles. The van der Waals surface area contributed by atoms with Gasteiger partial charge in [-0.05, 0) is 67.9 Å². The number of nitrogens with one attached hydrogen (secondary N) is 1. The number of ether oxygens (including phenoxy) is 1. The molecule has 1 unspecified atom stereocenters. The minimum Gasteiger partial charge on any atom is -0.481 e. The van der Waals surface area contributed by atoms with Gasteiger partial charge >= 0.3 is 0 Å². The number of carbonyl (C=O) groups is 1. The Balaban J connectivity index is 1.43. The van der Waals surface area contributed by atoms with Crippen molar-refractivity contribution < 1.29 is 9.53 Å². The summed E-state index contributed by atoms with van der Waals surface area (Å²) in [5.74, 6) is 0.503. The topological polar surface area (TPSA) is 51.2 Å². The summed E-state index contributed by atoms with van der Waals surface area (Å²) in [4.78, 5) is 17.1. The fourth-order valence-corrected chi connectivity index (χ4v) is 3.85. The third-order valence-electron chi connectivity index (χ3n) is 4.36. The van der Waals surface area contributed by atoms with Gasteiger partial charge in [0.05, 0.1) is 10.2 Å². The molecule has 1 N–H and O–H groups in total. The third-order valence-corrected chi connectivity index (χ3v) is 5.45. The van der Waals surface area contributed by atoms with E-state index in [0.29, 0.717) is 5.75 Å². The van der Waals surface area contributed by atoms with Crippen molar-refractivity contribution in [1.82, 2.24) is 4.98 Å². The molecule has 0 bridgehead atoms. The monoisotopic (exact) mass is 388 g/mol. The van der Waals surface area contributed by atoms with Crippen molar-refractivity contribution in [2.75, 3.05) is 5.32 Å². The van der Waals surface area contributed by atoms with Crippen LogP contribution in [0.4, 0.5) is 5.69 Å². The van der Waals surface area contributed by atoms with Gasteiger partial charge in [0.1, 0.15) is 10.8 Å². The number of rotatable bonds is 5. The van der Waals surface area contributed by atoms with Crippen LogP contribution in [0.15, 0.2) is 72.8 Å². The summed E-state index contributed by atoms with van der Waals surface area (Å²) < 4.78 is 6.90. The van der Waals surface area contributed by atoms with E-state index in [1.54, 1.807) is 18.3 Å². The lowest BCUT2D eigenvalue weighted by atomic mass is 10.2. The number of para-hydroxylation sites is 1. The summed E-state index contributed by atoms with van der Waals surface area (Å²) in [6.45, 7) is 3.73. The number of carbonyl (C=O) groups excluding carboxylic acids is 1. The van der Waals surface area contributed by atoms with E-state index in [2.05, 4.69) is 16.4 Å². The van der Waals surface area contributed by atoms with E-state index in [4.69, 9.17) is 4.74 Å². The normalized spacial score (nSPS) is 11.9. The summed E-state index contributed by atoms with van der Waals surface area (Å²) in [5.41, 5.74) is 3.86. The van der Waals surface area contributed by atoms with Crippen molar-refractivity contribution in [1.29, 1.82) is 0 Å². The number of fused-ring (bicyclic) bond motifs is 1. The van der Waals surface area contributed by atoms with Crippen LogP contribution in [-0.4, -0.2) is 17.0 Å². The highest BCUT2D eigenvalue weighted by Crippen LogP contribution is 2.30. The highest BCUT2D eigenvalue weighted by molar-refractivity contribution is 7.21. The lowest BCUT2D eigenvalue weighted by molar-refractivity contribution is -0.122. The molecule has 4 aromatic rings. The highest BCUT2D eigenvalue weighted by Gasteiger charge is 2.15. The third kappa shape index (κ3) is 4.05. The Morgan fingerprint density at radius 1 is 1.04 bits per heavy atom. The van der Waals surface area contributed by atoms with Gasteiger partial charge in [0.15, 0.2) is 6.10 Å². The number of amides is 1. The number of nitrogens with zero attached hydrogens (tertiary/aromatic N) is 1. The summed E-state index contributed by atoms with van der Waals surface area (Å²) in [6, 6.07) is 23.5. The van der Waals surface area contributed by atoms with Crippen molar-refractivity contribution in [3.05, 3.63) is 78.4 Å². The molecule has 0 spiro atoms. The number of aryl methyl sites for hydroxylation is 1. The van der Waals surface area contributed by atoms with Crippen LogP contribution in [0.1, 0.15) is 12.5 Å². The van der Waals surface area contributed by atoms with Gasteiger partial charge < -0.3 is 10.1 Å². The number of benzene rings is 3. The first kappa shape index (κ1) is 18.2. The first-order valence-electron chi connectivity index (χ1n) is 9.09. The smallest absolute Gasteiger partial charge is 0.265 e. The van der Waals surface area contributed by atoms with Crippen molar-refractivity contribution in [2.45, 2.75) is 20.0 Å². The predicted molar refractivity (Wildman–Crippen MR) is 115 cm³/mol. The zero-order valence-corrected chi connectivity index (χ0v) is 16.5. The molecule has 0 fully saturated rings. The minimum absolute atomic E-state index is 0.186. The molecular weight excluding hydrogens is 368 g/mol. The predicted octanol–water partition coefficient (Wildman–Crippen LogP) is 5.68. The van der Waals surface area contributed by atoms with Crippen LogP contribution >= 0.6 is 11.3 Å². The Hall–Kier alpha value is -3.18. The van der Waals surface area contributed by atoms with Gasteiger partial charge in [-0.3, -0.25) is 4.79 Å².